The Hall–Kier alpha value is -1.74. The first-order chi connectivity index (χ1) is 11.3. The third kappa shape index (κ3) is 2.47. The van der Waals surface area contributed by atoms with Gasteiger partial charge in [0, 0.05) is 0 Å². The van der Waals surface area contributed by atoms with E-state index in [2.05, 4.69) is 91.3 Å². The summed E-state index contributed by atoms with van der Waals surface area (Å²) < 4.78 is 0. The molecule has 0 aliphatic heterocycles. The summed E-state index contributed by atoms with van der Waals surface area (Å²) in [6.45, 7) is 0. The second-order valence-corrected chi connectivity index (χ2v) is 6.81. The number of hydrogen-bond donors (Lipinski definition) is 0. The van der Waals surface area contributed by atoms with Crippen molar-refractivity contribution >= 4 is 45.3 Å². The van der Waals surface area contributed by atoms with Crippen molar-refractivity contribution < 1.29 is 0 Å². The lowest BCUT2D eigenvalue weighted by Gasteiger charge is -2.17. The molecule has 112 valence electrons. The van der Waals surface area contributed by atoms with E-state index >= 15 is 0 Å². The molecule has 4 rings (SSSR count). The molecular weight excluding hydrogens is 314 g/mol. The maximum atomic E-state index is 2.92. The van der Waals surface area contributed by atoms with Crippen LogP contribution in [0, 0.1) is 0 Å². The summed E-state index contributed by atoms with van der Waals surface area (Å²) in [5.74, 6) is 0. The molecule has 2 heteroatoms. The number of fused-ring (bicyclic) bond motifs is 2. The molecule has 23 heavy (non-hydrogen) atoms. The Morgan fingerprint density at radius 2 is 1.17 bits per heavy atom. The Morgan fingerprint density at radius 3 is 1.83 bits per heavy atom. The van der Waals surface area contributed by atoms with E-state index in [-0.39, 0.29) is 0 Å². The predicted molar refractivity (Wildman–Crippen MR) is 110 cm³/mol. The number of hydrogen-bond acceptors (Lipinski definition) is 0. The minimum absolute atomic E-state index is 0.952. The van der Waals surface area contributed by atoms with Crippen LogP contribution >= 0.6 is 18.5 Å². The fraction of sp³-hybridized carbons (Fsp3) is 0.0476. The molecule has 4 aromatic rings. The summed E-state index contributed by atoms with van der Waals surface area (Å²) in [4.78, 5) is 0. The molecule has 0 heterocycles. The summed E-state index contributed by atoms with van der Waals surface area (Å²) in [5, 5.41) is 6.47. The van der Waals surface area contributed by atoms with Crippen LogP contribution in [0.2, 0.25) is 0 Å². The first-order valence-electron chi connectivity index (χ1n) is 7.78. The first kappa shape index (κ1) is 14.8. The number of rotatable bonds is 2. The van der Waals surface area contributed by atoms with Gasteiger partial charge in [0.1, 0.15) is 0 Å². The van der Waals surface area contributed by atoms with Crippen LogP contribution in [0.1, 0.15) is 5.56 Å². The Balaban J connectivity index is 2.21. The van der Waals surface area contributed by atoms with Gasteiger partial charge in [-0.3, -0.25) is 0 Å². The molecule has 2 unspecified atom stereocenters. The lowest BCUT2D eigenvalue weighted by Crippen LogP contribution is -2.01. The third-order valence-electron chi connectivity index (χ3n) is 4.45. The molecule has 0 nitrogen and oxygen atoms in total. The van der Waals surface area contributed by atoms with Gasteiger partial charge < -0.3 is 0 Å². The fourth-order valence-electron chi connectivity index (χ4n) is 3.35. The molecule has 4 aromatic carbocycles. The molecule has 0 fully saturated rings. The minimum Gasteiger partial charge on any atom is -0.133 e. The van der Waals surface area contributed by atoms with Gasteiger partial charge >= 0.3 is 0 Å². The average Bonchev–Trinajstić information content (AvgIpc) is 2.61. The van der Waals surface area contributed by atoms with Crippen molar-refractivity contribution in [3.8, 4) is 11.1 Å². The van der Waals surface area contributed by atoms with Crippen molar-refractivity contribution in [3.63, 3.8) is 0 Å². The highest BCUT2D eigenvalue weighted by atomic mass is 31.0. The summed E-state index contributed by atoms with van der Waals surface area (Å²) in [6, 6.07) is 26.2. The summed E-state index contributed by atoms with van der Waals surface area (Å²) in [7, 11) is 5.80. The van der Waals surface area contributed by atoms with Gasteiger partial charge in [-0.1, -0.05) is 72.8 Å². The highest BCUT2D eigenvalue weighted by Crippen LogP contribution is 2.37. The summed E-state index contributed by atoms with van der Waals surface area (Å²) in [6.07, 6.45) is 0.952. The highest BCUT2D eigenvalue weighted by Gasteiger charge is 2.14. The van der Waals surface area contributed by atoms with Gasteiger partial charge in [-0.2, -0.15) is 0 Å². The van der Waals surface area contributed by atoms with Crippen molar-refractivity contribution in [1.29, 1.82) is 0 Å². The molecule has 0 radical (unpaired) electrons. The van der Waals surface area contributed by atoms with Crippen LogP contribution in [-0.2, 0) is 6.16 Å². The van der Waals surface area contributed by atoms with E-state index in [1.165, 1.54) is 43.5 Å². The van der Waals surface area contributed by atoms with Gasteiger partial charge in [0.05, 0.1) is 0 Å². The smallest absolute Gasteiger partial charge is 0.00245 e. The zero-order valence-corrected chi connectivity index (χ0v) is 15.1. The lowest BCUT2D eigenvalue weighted by molar-refractivity contribution is 1.44. The molecule has 0 bridgehead atoms. The van der Waals surface area contributed by atoms with Crippen molar-refractivity contribution in [2.75, 3.05) is 0 Å². The van der Waals surface area contributed by atoms with Crippen LogP contribution in [0.25, 0.3) is 32.7 Å². The third-order valence-corrected chi connectivity index (χ3v) is 5.37. The first-order valence-corrected chi connectivity index (χ1v) is 9.17. The van der Waals surface area contributed by atoms with Crippen molar-refractivity contribution in [2.24, 2.45) is 0 Å². The Bertz CT molecular complexity index is 1020. The molecule has 0 aliphatic rings. The molecule has 2 atom stereocenters. The Labute approximate surface area is 141 Å². The van der Waals surface area contributed by atoms with Crippen LogP contribution in [0.15, 0.2) is 72.8 Å². The van der Waals surface area contributed by atoms with Crippen LogP contribution in [0.4, 0.5) is 0 Å². The van der Waals surface area contributed by atoms with Crippen LogP contribution < -0.4 is 5.30 Å². The Morgan fingerprint density at radius 1 is 0.609 bits per heavy atom. The van der Waals surface area contributed by atoms with E-state index in [0.717, 1.165) is 6.16 Å². The molecule has 0 aromatic heterocycles. The van der Waals surface area contributed by atoms with Crippen molar-refractivity contribution in [1.82, 2.24) is 0 Å². The predicted octanol–water partition coefficient (Wildman–Crippen LogP) is 5.54. The zero-order chi connectivity index (χ0) is 15.8. The quantitative estimate of drug-likeness (QED) is 0.423. The van der Waals surface area contributed by atoms with Crippen LogP contribution in [-0.4, -0.2) is 0 Å². The van der Waals surface area contributed by atoms with Gasteiger partial charge in [-0.15, -0.1) is 18.5 Å². The molecular formula is C21H18P2. The largest absolute Gasteiger partial charge is 0.133 e. The molecule has 0 amide bonds. The topological polar surface area (TPSA) is 0 Å². The second-order valence-electron chi connectivity index (χ2n) is 5.78. The van der Waals surface area contributed by atoms with Gasteiger partial charge in [0.15, 0.2) is 0 Å². The molecule has 0 saturated heterocycles. The second kappa shape index (κ2) is 6.04. The highest BCUT2D eigenvalue weighted by molar-refractivity contribution is 7.28. The van der Waals surface area contributed by atoms with Crippen molar-refractivity contribution in [3.05, 3.63) is 78.4 Å². The van der Waals surface area contributed by atoms with Gasteiger partial charge in [0.2, 0.25) is 0 Å². The van der Waals surface area contributed by atoms with Crippen LogP contribution in [0.3, 0.4) is 0 Å². The van der Waals surface area contributed by atoms with E-state index in [1.807, 2.05) is 0 Å². The van der Waals surface area contributed by atoms with E-state index < -0.39 is 0 Å². The number of benzene rings is 4. The molecule has 0 saturated carbocycles. The van der Waals surface area contributed by atoms with Gasteiger partial charge in [-0.25, -0.2) is 0 Å². The Kier molecular flexibility index (Phi) is 3.90. The van der Waals surface area contributed by atoms with E-state index in [1.54, 1.807) is 0 Å². The lowest BCUT2D eigenvalue weighted by atomic mass is 9.90. The fourth-order valence-corrected chi connectivity index (χ4v) is 4.09. The van der Waals surface area contributed by atoms with E-state index in [9.17, 15) is 0 Å². The average molecular weight is 332 g/mol. The van der Waals surface area contributed by atoms with Crippen LogP contribution in [0.5, 0.6) is 0 Å². The summed E-state index contributed by atoms with van der Waals surface area (Å²) in [5.41, 5.74) is 4.07. The molecule has 0 spiro atoms. The van der Waals surface area contributed by atoms with Gasteiger partial charge in [-0.05, 0) is 49.7 Å². The SMILES string of the molecule is PCc1ccc2ccccc2c1-c1c(P)ccc2ccccc12. The minimum atomic E-state index is 0.952. The molecule has 0 N–H and O–H groups in total. The standard InChI is InChI=1S/C21H18P2/c22-13-16-10-9-14-5-1-3-7-17(14)20(16)21-18-8-4-2-6-15(18)11-12-19(21)23/h1-12H,13,22-23H2. The zero-order valence-electron chi connectivity index (χ0n) is 12.8. The molecule has 0 aliphatic carbocycles. The maximum absolute atomic E-state index is 2.92. The monoisotopic (exact) mass is 332 g/mol. The summed E-state index contributed by atoms with van der Waals surface area (Å²) >= 11 is 0. The van der Waals surface area contributed by atoms with Gasteiger partial charge in [0.25, 0.3) is 0 Å². The normalized spacial score (nSPS) is 11.2. The van der Waals surface area contributed by atoms with E-state index in [0.29, 0.717) is 0 Å². The van der Waals surface area contributed by atoms with Crippen molar-refractivity contribution in [2.45, 2.75) is 6.16 Å². The maximum Gasteiger partial charge on any atom is -0.00245 e. The van der Waals surface area contributed by atoms with E-state index in [4.69, 9.17) is 0 Å².